The summed E-state index contributed by atoms with van der Waals surface area (Å²) in [5, 5.41) is 0. The lowest BCUT2D eigenvalue weighted by atomic mass is 9.97. The molecule has 0 aromatic carbocycles. The summed E-state index contributed by atoms with van der Waals surface area (Å²) in [6, 6.07) is 2.34. The number of piperidine rings is 1. The van der Waals surface area contributed by atoms with E-state index in [4.69, 9.17) is 5.73 Å². The van der Waals surface area contributed by atoms with Crippen molar-refractivity contribution in [3.63, 3.8) is 0 Å². The lowest BCUT2D eigenvalue weighted by molar-refractivity contribution is 0.180. The number of hydrogen-bond acceptors (Lipinski definition) is 3. The number of rotatable bonds is 3. The molecule has 1 fully saturated rings. The molecular weight excluding hydrogens is 216 g/mol. The van der Waals surface area contributed by atoms with E-state index in [1.54, 1.807) is 0 Å². The number of likely N-dealkylation sites (tertiary alicyclic amines) is 1. The van der Waals surface area contributed by atoms with Crippen LogP contribution in [0.2, 0.25) is 0 Å². The summed E-state index contributed by atoms with van der Waals surface area (Å²) >= 11 is 1.92. The van der Waals surface area contributed by atoms with E-state index in [2.05, 4.69) is 24.8 Å². The third-order valence-corrected chi connectivity index (χ3v) is 4.59. The van der Waals surface area contributed by atoms with E-state index in [9.17, 15) is 0 Å². The number of nitrogens with two attached hydrogens (primary N) is 1. The van der Waals surface area contributed by atoms with Gasteiger partial charge in [0.15, 0.2) is 0 Å². The molecule has 0 amide bonds. The van der Waals surface area contributed by atoms with Crippen molar-refractivity contribution in [3.8, 4) is 0 Å². The van der Waals surface area contributed by atoms with Crippen LogP contribution in [0, 0.1) is 19.8 Å². The number of hydrogen-bond donors (Lipinski definition) is 1. The molecule has 0 radical (unpaired) electrons. The molecular formula is C13H22N2S. The number of aryl methyl sites for hydroxylation is 2. The molecule has 1 aromatic heterocycles. The molecule has 2 nitrogen and oxygen atoms in total. The summed E-state index contributed by atoms with van der Waals surface area (Å²) in [6.07, 6.45) is 2.55. The first kappa shape index (κ1) is 12.1. The van der Waals surface area contributed by atoms with Crippen LogP contribution in [0.4, 0.5) is 0 Å². The molecule has 1 aromatic rings. The van der Waals surface area contributed by atoms with Crippen LogP contribution in [0.3, 0.4) is 0 Å². The summed E-state index contributed by atoms with van der Waals surface area (Å²) in [5.41, 5.74) is 7.23. The third kappa shape index (κ3) is 2.84. The summed E-state index contributed by atoms with van der Waals surface area (Å²) in [4.78, 5) is 5.49. The molecule has 1 aliphatic rings. The van der Waals surface area contributed by atoms with Crippen molar-refractivity contribution >= 4 is 11.3 Å². The van der Waals surface area contributed by atoms with Crippen LogP contribution in [-0.4, -0.2) is 24.5 Å². The van der Waals surface area contributed by atoms with Crippen molar-refractivity contribution in [2.75, 3.05) is 19.6 Å². The fourth-order valence-corrected chi connectivity index (χ4v) is 3.40. The lowest BCUT2D eigenvalue weighted by Crippen LogP contribution is -2.35. The van der Waals surface area contributed by atoms with E-state index in [1.807, 2.05) is 11.3 Å². The van der Waals surface area contributed by atoms with Gasteiger partial charge in [-0.25, -0.2) is 0 Å². The Kier molecular flexibility index (Phi) is 4.00. The average Bonchev–Trinajstić information content (AvgIpc) is 2.59. The van der Waals surface area contributed by atoms with Crippen LogP contribution >= 0.6 is 11.3 Å². The minimum absolute atomic E-state index is 0.765. The lowest BCUT2D eigenvalue weighted by Gasteiger charge is -2.31. The van der Waals surface area contributed by atoms with Crippen LogP contribution in [0.1, 0.15) is 28.2 Å². The molecule has 90 valence electrons. The zero-order valence-electron chi connectivity index (χ0n) is 10.3. The first-order valence-corrected chi connectivity index (χ1v) is 6.99. The van der Waals surface area contributed by atoms with Crippen molar-refractivity contribution in [3.05, 3.63) is 21.4 Å². The molecule has 0 aliphatic carbocycles. The van der Waals surface area contributed by atoms with Crippen LogP contribution in [0.15, 0.2) is 6.07 Å². The van der Waals surface area contributed by atoms with E-state index in [0.717, 1.165) is 19.0 Å². The highest BCUT2D eigenvalue weighted by molar-refractivity contribution is 7.12. The first-order chi connectivity index (χ1) is 7.69. The Balaban J connectivity index is 1.89. The van der Waals surface area contributed by atoms with Gasteiger partial charge in [0, 0.05) is 16.3 Å². The Morgan fingerprint density at radius 3 is 2.56 bits per heavy atom. The van der Waals surface area contributed by atoms with Crippen molar-refractivity contribution in [2.45, 2.75) is 33.2 Å². The molecule has 2 rings (SSSR count). The first-order valence-electron chi connectivity index (χ1n) is 6.17. The zero-order chi connectivity index (χ0) is 11.5. The Morgan fingerprint density at radius 2 is 2.06 bits per heavy atom. The van der Waals surface area contributed by atoms with Gasteiger partial charge in [-0.05, 0) is 63.9 Å². The predicted octanol–water partition coefficient (Wildman–Crippen LogP) is 2.54. The second-order valence-electron chi connectivity index (χ2n) is 4.89. The van der Waals surface area contributed by atoms with Gasteiger partial charge < -0.3 is 5.73 Å². The average molecular weight is 238 g/mol. The van der Waals surface area contributed by atoms with Crippen LogP contribution in [-0.2, 0) is 6.54 Å². The topological polar surface area (TPSA) is 29.3 Å². The van der Waals surface area contributed by atoms with Gasteiger partial charge in [0.1, 0.15) is 0 Å². The van der Waals surface area contributed by atoms with E-state index in [1.165, 1.54) is 41.2 Å². The van der Waals surface area contributed by atoms with Crippen molar-refractivity contribution in [1.29, 1.82) is 0 Å². The number of nitrogens with zero attached hydrogens (tertiary/aromatic N) is 1. The second kappa shape index (κ2) is 5.30. The van der Waals surface area contributed by atoms with E-state index < -0.39 is 0 Å². The van der Waals surface area contributed by atoms with Gasteiger partial charge in [-0.2, -0.15) is 0 Å². The quantitative estimate of drug-likeness (QED) is 0.877. The van der Waals surface area contributed by atoms with Gasteiger partial charge in [-0.3, -0.25) is 4.90 Å². The summed E-state index contributed by atoms with van der Waals surface area (Å²) in [7, 11) is 0. The molecule has 0 spiro atoms. The van der Waals surface area contributed by atoms with Crippen LogP contribution in [0.25, 0.3) is 0 Å². The Hall–Kier alpha value is -0.380. The molecule has 16 heavy (non-hydrogen) atoms. The van der Waals surface area contributed by atoms with Gasteiger partial charge in [0.05, 0.1) is 0 Å². The monoisotopic (exact) mass is 238 g/mol. The molecule has 1 saturated heterocycles. The molecule has 3 heteroatoms. The van der Waals surface area contributed by atoms with Crippen LogP contribution < -0.4 is 5.73 Å². The molecule has 0 saturated carbocycles. The van der Waals surface area contributed by atoms with E-state index >= 15 is 0 Å². The summed E-state index contributed by atoms with van der Waals surface area (Å²) < 4.78 is 0. The van der Waals surface area contributed by atoms with E-state index in [-0.39, 0.29) is 0 Å². The Labute approximate surface area is 102 Å². The largest absolute Gasteiger partial charge is 0.330 e. The second-order valence-corrected chi connectivity index (χ2v) is 6.35. The molecule has 2 N–H and O–H groups in total. The Bertz CT molecular complexity index is 338. The van der Waals surface area contributed by atoms with Gasteiger partial charge in [-0.15, -0.1) is 11.3 Å². The van der Waals surface area contributed by atoms with Crippen molar-refractivity contribution in [1.82, 2.24) is 4.90 Å². The summed E-state index contributed by atoms with van der Waals surface area (Å²) in [5.74, 6) is 0.765. The maximum absolute atomic E-state index is 5.71. The highest BCUT2D eigenvalue weighted by Gasteiger charge is 2.18. The molecule has 0 bridgehead atoms. The molecule has 0 unspecified atom stereocenters. The SMILES string of the molecule is Cc1cc(CN2CCC(CN)CC2)c(C)s1. The van der Waals surface area contributed by atoms with Crippen molar-refractivity contribution < 1.29 is 0 Å². The predicted molar refractivity (Wildman–Crippen MR) is 70.8 cm³/mol. The molecule has 0 atom stereocenters. The summed E-state index contributed by atoms with van der Waals surface area (Å²) in [6.45, 7) is 8.87. The highest BCUT2D eigenvalue weighted by Crippen LogP contribution is 2.24. The normalized spacial score (nSPS) is 19.2. The van der Waals surface area contributed by atoms with Crippen LogP contribution in [0.5, 0.6) is 0 Å². The zero-order valence-corrected chi connectivity index (χ0v) is 11.1. The van der Waals surface area contributed by atoms with E-state index in [0.29, 0.717) is 0 Å². The maximum atomic E-state index is 5.71. The minimum Gasteiger partial charge on any atom is -0.330 e. The smallest absolute Gasteiger partial charge is 0.0244 e. The Morgan fingerprint density at radius 1 is 1.38 bits per heavy atom. The van der Waals surface area contributed by atoms with Gasteiger partial charge >= 0.3 is 0 Å². The molecule has 1 aliphatic heterocycles. The third-order valence-electron chi connectivity index (χ3n) is 3.58. The highest BCUT2D eigenvalue weighted by atomic mass is 32.1. The maximum Gasteiger partial charge on any atom is 0.0244 e. The standard InChI is InChI=1S/C13H22N2S/c1-10-7-13(11(2)16-10)9-15-5-3-12(8-14)4-6-15/h7,12H,3-6,8-9,14H2,1-2H3. The fourth-order valence-electron chi connectivity index (χ4n) is 2.46. The fraction of sp³-hybridized carbons (Fsp3) is 0.692. The number of thiophene rings is 1. The van der Waals surface area contributed by atoms with Gasteiger partial charge in [-0.1, -0.05) is 0 Å². The van der Waals surface area contributed by atoms with Crippen molar-refractivity contribution in [2.24, 2.45) is 11.7 Å². The van der Waals surface area contributed by atoms with Gasteiger partial charge in [0.25, 0.3) is 0 Å². The minimum atomic E-state index is 0.765. The molecule has 2 heterocycles. The van der Waals surface area contributed by atoms with Gasteiger partial charge in [0.2, 0.25) is 0 Å².